The lowest BCUT2D eigenvalue weighted by Gasteiger charge is -2.22. The third-order valence-electron chi connectivity index (χ3n) is 4.52. The summed E-state index contributed by atoms with van der Waals surface area (Å²) < 4.78 is 42.1. The van der Waals surface area contributed by atoms with Crippen LogP contribution in [-0.4, -0.2) is 31.4 Å². The third kappa shape index (κ3) is 6.78. The molecule has 0 atom stereocenters. The van der Waals surface area contributed by atoms with Crippen molar-refractivity contribution in [3.63, 3.8) is 0 Å². The molecule has 0 radical (unpaired) electrons. The molecule has 0 saturated heterocycles. The first kappa shape index (κ1) is 26.6. The van der Waals surface area contributed by atoms with E-state index >= 15 is 0 Å². The summed E-state index contributed by atoms with van der Waals surface area (Å²) in [6, 6.07) is 14.7. The minimum atomic E-state index is -4.10. The largest absolute Gasteiger partial charge is 0.272 e. The summed E-state index contributed by atoms with van der Waals surface area (Å²) in [5.41, 5.74) is 2.62. The number of hydrogen-bond acceptors (Lipinski definition) is 4. The smallest absolute Gasteiger partial charge is 0.255 e. The van der Waals surface area contributed by atoms with Gasteiger partial charge in [0.2, 0.25) is 10.0 Å². The number of rotatable bonds is 8. The minimum Gasteiger partial charge on any atom is -0.272 e. The van der Waals surface area contributed by atoms with Crippen molar-refractivity contribution >= 4 is 72.9 Å². The van der Waals surface area contributed by atoms with Gasteiger partial charge in [0.15, 0.2) is 0 Å². The van der Waals surface area contributed by atoms with Gasteiger partial charge in [-0.1, -0.05) is 62.9 Å². The van der Waals surface area contributed by atoms with E-state index in [1.54, 1.807) is 24.3 Å². The molecule has 34 heavy (non-hydrogen) atoms. The number of hydrogen-bond donors (Lipinski definition) is 1. The van der Waals surface area contributed by atoms with Crippen LogP contribution in [0, 0.1) is 5.82 Å². The van der Waals surface area contributed by atoms with E-state index in [-0.39, 0.29) is 27.0 Å². The number of benzene rings is 3. The number of carbonyl (C=O) groups is 1. The van der Waals surface area contributed by atoms with Crippen LogP contribution >= 0.6 is 50.7 Å². The number of nitrogens with zero attached hydrogens (tertiary/aromatic N) is 2. The van der Waals surface area contributed by atoms with Gasteiger partial charge in [0, 0.05) is 26.6 Å². The van der Waals surface area contributed by atoms with Crippen LogP contribution in [0.5, 0.6) is 0 Å². The second kappa shape index (κ2) is 11.6. The first-order chi connectivity index (χ1) is 16.1. The molecule has 0 aliphatic heterocycles. The van der Waals surface area contributed by atoms with Crippen molar-refractivity contribution in [3.05, 3.63) is 97.1 Å². The van der Waals surface area contributed by atoms with E-state index in [2.05, 4.69) is 26.5 Å². The van der Waals surface area contributed by atoms with Gasteiger partial charge in [-0.05, 0) is 54.1 Å². The highest BCUT2D eigenvalue weighted by Gasteiger charge is 2.27. The maximum atomic E-state index is 13.9. The second-order valence-corrected chi connectivity index (χ2v) is 11.0. The minimum absolute atomic E-state index is 0.0169. The number of amides is 1. The van der Waals surface area contributed by atoms with E-state index < -0.39 is 28.3 Å². The fourth-order valence-electron chi connectivity index (χ4n) is 2.82. The molecule has 3 aromatic rings. The molecule has 1 amide bonds. The van der Waals surface area contributed by atoms with Crippen LogP contribution in [0.2, 0.25) is 15.1 Å². The highest BCUT2D eigenvalue weighted by atomic mass is 79.9. The Bertz CT molecular complexity index is 1320. The van der Waals surface area contributed by atoms with Crippen LogP contribution in [0.4, 0.5) is 4.39 Å². The van der Waals surface area contributed by atoms with Crippen molar-refractivity contribution in [3.8, 4) is 0 Å². The monoisotopic (exact) mass is 605 g/mol. The van der Waals surface area contributed by atoms with Crippen LogP contribution < -0.4 is 5.43 Å². The van der Waals surface area contributed by atoms with Crippen molar-refractivity contribution < 1.29 is 17.6 Å². The Kier molecular flexibility index (Phi) is 9.08. The summed E-state index contributed by atoms with van der Waals surface area (Å²) in [6.07, 6.45) is 1.04. The molecular formula is C22H16BrCl3FN3O3S. The Labute approximate surface area is 219 Å². The summed E-state index contributed by atoms with van der Waals surface area (Å²) in [5, 5.41) is 4.44. The molecule has 1 N–H and O–H groups in total. The quantitative estimate of drug-likeness (QED) is 0.256. The molecule has 3 aromatic carbocycles. The lowest BCUT2D eigenvalue weighted by molar-refractivity contribution is -0.121. The molecule has 12 heteroatoms. The normalized spacial score (nSPS) is 11.8. The third-order valence-corrected chi connectivity index (χ3v) is 7.77. The van der Waals surface area contributed by atoms with Gasteiger partial charge in [-0.15, -0.1) is 0 Å². The van der Waals surface area contributed by atoms with E-state index in [0.717, 1.165) is 10.5 Å². The van der Waals surface area contributed by atoms with E-state index in [4.69, 9.17) is 34.8 Å². The first-order valence-corrected chi connectivity index (χ1v) is 12.9. The molecule has 0 heterocycles. The zero-order valence-electron chi connectivity index (χ0n) is 17.2. The molecule has 0 saturated carbocycles. The Morgan fingerprint density at radius 3 is 2.41 bits per heavy atom. The fraction of sp³-hybridized carbons (Fsp3) is 0.0909. The molecule has 3 rings (SSSR count). The van der Waals surface area contributed by atoms with Crippen LogP contribution in [-0.2, 0) is 21.4 Å². The molecule has 178 valence electrons. The van der Waals surface area contributed by atoms with Gasteiger partial charge in [-0.25, -0.2) is 18.2 Å². The van der Waals surface area contributed by atoms with Crippen molar-refractivity contribution in [2.45, 2.75) is 11.4 Å². The molecule has 0 spiro atoms. The number of sulfonamides is 1. The maximum absolute atomic E-state index is 13.9. The number of carbonyl (C=O) groups excluding carboxylic acids is 1. The van der Waals surface area contributed by atoms with Crippen LogP contribution in [0.25, 0.3) is 0 Å². The molecule has 0 bridgehead atoms. The standard InChI is InChI=1S/C22H16BrCl3FN3O3S/c23-15-5-8-17(9-6-15)34(32,33)30(12-14-4-7-16(24)10-20(14)26)13-22(31)29-28-11-18-19(25)2-1-3-21(18)27/h1-11H,12-13H2,(H,29,31)/b28-11+. The maximum Gasteiger partial charge on any atom is 0.255 e. The molecule has 0 aromatic heterocycles. The van der Waals surface area contributed by atoms with Crippen LogP contribution in [0.15, 0.2) is 75.1 Å². The topological polar surface area (TPSA) is 78.8 Å². The average molecular weight is 608 g/mol. The first-order valence-electron chi connectivity index (χ1n) is 9.53. The Morgan fingerprint density at radius 2 is 1.76 bits per heavy atom. The molecule has 0 aliphatic carbocycles. The van der Waals surface area contributed by atoms with Crippen molar-refractivity contribution in [1.29, 1.82) is 0 Å². The highest BCUT2D eigenvalue weighted by Crippen LogP contribution is 2.26. The lowest BCUT2D eigenvalue weighted by Crippen LogP contribution is -2.39. The van der Waals surface area contributed by atoms with E-state index in [0.29, 0.717) is 15.1 Å². The Hall–Kier alpha value is -2.01. The van der Waals surface area contributed by atoms with Gasteiger partial charge in [0.25, 0.3) is 5.91 Å². The number of halogens is 5. The molecule has 0 aliphatic rings. The van der Waals surface area contributed by atoms with E-state index in [9.17, 15) is 17.6 Å². The Morgan fingerprint density at radius 1 is 1.06 bits per heavy atom. The summed E-state index contributed by atoms with van der Waals surface area (Å²) in [6.45, 7) is -0.787. The fourth-order valence-corrected chi connectivity index (χ4v) is 5.14. The predicted octanol–water partition coefficient (Wildman–Crippen LogP) is 5.89. The van der Waals surface area contributed by atoms with Crippen molar-refractivity contribution in [1.82, 2.24) is 9.73 Å². The number of hydrazone groups is 1. The predicted molar refractivity (Wildman–Crippen MR) is 135 cm³/mol. The highest BCUT2D eigenvalue weighted by molar-refractivity contribution is 9.10. The molecule has 0 unspecified atom stereocenters. The molecular weight excluding hydrogens is 592 g/mol. The van der Waals surface area contributed by atoms with Gasteiger partial charge in [0.05, 0.1) is 22.7 Å². The van der Waals surface area contributed by atoms with Crippen molar-refractivity contribution in [2.75, 3.05) is 6.54 Å². The van der Waals surface area contributed by atoms with Gasteiger partial charge in [0.1, 0.15) is 5.82 Å². The van der Waals surface area contributed by atoms with Gasteiger partial charge >= 0.3 is 0 Å². The second-order valence-electron chi connectivity index (χ2n) is 6.89. The van der Waals surface area contributed by atoms with Crippen molar-refractivity contribution in [2.24, 2.45) is 5.10 Å². The van der Waals surface area contributed by atoms with Gasteiger partial charge < -0.3 is 0 Å². The zero-order valence-corrected chi connectivity index (χ0v) is 21.9. The summed E-state index contributed by atoms with van der Waals surface area (Å²) in [4.78, 5) is 12.5. The average Bonchev–Trinajstić information content (AvgIpc) is 2.77. The van der Waals surface area contributed by atoms with E-state index in [1.165, 1.54) is 36.4 Å². The van der Waals surface area contributed by atoms with Crippen LogP contribution in [0.3, 0.4) is 0 Å². The lowest BCUT2D eigenvalue weighted by atomic mass is 10.2. The van der Waals surface area contributed by atoms with Crippen LogP contribution in [0.1, 0.15) is 11.1 Å². The van der Waals surface area contributed by atoms with Gasteiger partial charge in [-0.2, -0.15) is 9.41 Å². The summed E-state index contributed by atoms with van der Waals surface area (Å²) in [7, 11) is -4.10. The summed E-state index contributed by atoms with van der Waals surface area (Å²) in [5.74, 6) is -1.38. The number of nitrogens with one attached hydrogen (secondary N) is 1. The zero-order chi connectivity index (χ0) is 24.9. The van der Waals surface area contributed by atoms with Gasteiger partial charge in [-0.3, -0.25) is 4.79 Å². The SMILES string of the molecule is O=C(CN(Cc1ccc(Cl)cc1Cl)S(=O)(=O)c1ccc(Br)cc1)N/N=C/c1c(F)cccc1Cl. The summed E-state index contributed by atoms with van der Waals surface area (Å²) >= 11 is 21.3. The Balaban J connectivity index is 1.85. The van der Waals surface area contributed by atoms with E-state index in [1.807, 2.05) is 0 Å². The molecule has 0 fully saturated rings. The molecule has 6 nitrogen and oxygen atoms in total.